The molecule has 3 aliphatic heterocycles. The molecule has 0 aliphatic carbocycles. The molecule has 0 amide bonds. The van der Waals surface area contributed by atoms with E-state index >= 15 is 0 Å². The van der Waals surface area contributed by atoms with Crippen LogP contribution in [0.4, 0.5) is 0 Å². The van der Waals surface area contributed by atoms with Crippen LogP contribution in [0.2, 0.25) is 0 Å². The Kier molecular flexibility index (Phi) is 4.36. The summed E-state index contributed by atoms with van der Waals surface area (Å²) < 4.78 is 11.7. The second-order valence-corrected chi connectivity index (χ2v) is 9.54. The molecule has 3 unspecified atom stereocenters. The average molecular weight is 440 g/mol. The van der Waals surface area contributed by atoms with Crippen molar-refractivity contribution >= 4 is 0 Å². The van der Waals surface area contributed by atoms with Crippen LogP contribution < -0.4 is 4.74 Å². The highest BCUT2D eigenvalue weighted by Gasteiger charge is 2.45. The Bertz CT molecular complexity index is 1260. The Morgan fingerprint density at radius 2 is 1.82 bits per heavy atom. The topological polar surface area (TPSA) is 80.1 Å². The van der Waals surface area contributed by atoms with Crippen LogP contribution in [0.15, 0.2) is 65.5 Å². The molecule has 0 saturated carbocycles. The molecule has 2 aromatic heterocycles. The fourth-order valence-corrected chi connectivity index (χ4v) is 6.37. The van der Waals surface area contributed by atoms with Gasteiger partial charge in [-0.1, -0.05) is 30.3 Å². The van der Waals surface area contributed by atoms with Crippen LogP contribution in [0.25, 0.3) is 11.4 Å². The molecule has 0 radical (unpaired) electrons. The zero-order chi connectivity index (χ0) is 21.8. The smallest absolute Gasteiger partial charge is 0.179 e. The lowest BCUT2D eigenvalue weighted by atomic mass is 9.72. The van der Waals surface area contributed by atoms with Gasteiger partial charge >= 0.3 is 0 Å². The first-order valence-electron chi connectivity index (χ1n) is 11.7. The maximum absolute atomic E-state index is 6.39. The number of para-hydroxylation sites is 1. The van der Waals surface area contributed by atoms with E-state index in [2.05, 4.69) is 74.1 Å². The van der Waals surface area contributed by atoms with Crippen molar-refractivity contribution in [3.63, 3.8) is 0 Å². The molecule has 5 heterocycles. The number of benzene rings is 2. The van der Waals surface area contributed by atoms with Crippen molar-refractivity contribution in [2.24, 2.45) is 5.92 Å². The number of fused-ring (bicyclic) bond motifs is 4. The normalized spacial score (nSPS) is 25.9. The quantitative estimate of drug-likeness (QED) is 0.474. The molecule has 4 aromatic rings. The number of nitrogens with one attached hydrogen (secondary N) is 1. The molecule has 0 spiro atoms. The van der Waals surface area contributed by atoms with Gasteiger partial charge in [-0.2, -0.15) is 0 Å². The molecule has 33 heavy (non-hydrogen) atoms. The minimum Gasteiger partial charge on any atom is -0.472 e. The first kappa shape index (κ1) is 19.1. The summed E-state index contributed by atoms with van der Waals surface area (Å²) in [6, 6.07) is 18.3. The van der Waals surface area contributed by atoms with Crippen LogP contribution >= 0.6 is 0 Å². The van der Waals surface area contributed by atoms with Crippen molar-refractivity contribution in [3.05, 3.63) is 77.7 Å². The van der Waals surface area contributed by atoms with Gasteiger partial charge in [0, 0.05) is 46.8 Å². The predicted molar refractivity (Wildman–Crippen MR) is 122 cm³/mol. The average Bonchev–Trinajstić information content (AvgIpc) is 3.60. The number of rotatable bonds is 4. The van der Waals surface area contributed by atoms with E-state index in [0.717, 1.165) is 23.6 Å². The van der Waals surface area contributed by atoms with Gasteiger partial charge in [-0.25, -0.2) is 5.10 Å². The van der Waals surface area contributed by atoms with E-state index in [9.17, 15) is 0 Å². The Balaban J connectivity index is 1.23. The summed E-state index contributed by atoms with van der Waals surface area (Å²) in [4.78, 5) is 2.72. The Labute approximate surface area is 191 Å². The summed E-state index contributed by atoms with van der Waals surface area (Å²) in [6.07, 6.45) is 8.66. The van der Waals surface area contributed by atoms with Crippen molar-refractivity contribution in [1.82, 2.24) is 25.5 Å². The van der Waals surface area contributed by atoms with Crippen molar-refractivity contribution in [3.8, 4) is 22.9 Å². The lowest BCUT2D eigenvalue weighted by Gasteiger charge is -2.43. The number of aromatic amines is 1. The van der Waals surface area contributed by atoms with E-state index in [1.807, 2.05) is 6.26 Å². The van der Waals surface area contributed by atoms with Crippen molar-refractivity contribution in [2.45, 2.75) is 50.2 Å². The van der Waals surface area contributed by atoms with Crippen LogP contribution in [-0.2, 0) is 6.54 Å². The molecule has 166 valence electrons. The lowest BCUT2D eigenvalue weighted by Crippen LogP contribution is -2.43. The van der Waals surface area contributed by atoms with Crippen molar-refractivity contribution in [2.75, 3.05) is 0 Å². The molecule has 7 heteroatoms. The third kappa shape index (κ3) is 3.18. The van der Waals surface area contributed by atoms with E-state index < -0.39 is 0 Å². The van der Waals surface area contributed by atoms with E-state index in [-0.39, 0.29) is 0 Å². The minimum atomic E-state index is 0.339. The predicted octanol–water partition coefficient (Wildman–Crippen LogP) is 5.14. The Morgan fingerprint density at radius 1 is 0.970 bits per heavy atom. The van der Waals surface area contributed by atoms with Crippen LogP contribution in [0.5, 0.6) is 11.5 Å². The largest absolute Gasteiger partial charge is 0.472 e. The summed E-state index contributed by atoms with van der Waals surface area (Å²) in [5.74, 6) is 3.47. The molecule has 2 bridgehead atoms. The molecular formula is C26H25N5O2. The molecule has 7 nitrogen and oxygen atoms in total. The van der Waals surface area contributed by atoms with Gasteiger partial charge in [0.25, 0.3) is 0 Å². The number of piperidine rings is 1. The second-order valence-electron chi connectivity index (χ2n) is 9.54. The lowest BCUT2D eigenvalue weighted by molar-refractivity contribution is 0.0887. The van der Waals surface area contributed by atoms with Gasteiger partial charge < -0.3 is 9.15 Å². The first-order chi connectivity index (χ1) is 16.3. The number of hydrogen-bond acceptors (Lipinski definition) is 6. The number of ether oxygens (including phenoxy) is 1. The summed E-state index contributed by atoms with van der Waals surface area (Å²) >= 11 is 0. The number of tetrazole rings is 1. The molecule has 1 N–H and O–H groups in total. The SMILES string of the molecule is c1ccc2c(c1)Oc1cc(-c3nnn[nH]3)ccc1C2C1CC2CCC(C1)N2Cc1ccoc1. The van der Waals surface area contributed by atoms with Gasteiger partial charge in [0.2, 0.25) is 0 Å². The Hall–Kier alpha value is -3.45. The summed E-state index contributed by atoms with van der Waals surface area (Å²) in [6.45, 7) is 0.994. The summed E-state index contributed by atoms with van der Waals surface area (Å²) in [5, 5.41) is 14.4. The first-order valence-corrected chi connectivity index (χ1v) is 11.7. The third-order valence-corrected chi connectivity index (χ3v) is 7.78. The molecule has 2 aromatic carbocycles. The minimum absolute atomic E-state index is 0.339. The fraction of sp³-hybridized carbons (Fsp3) is 0.346. The van der Waals surface area contributed by atoms with Gasteiger partial charge in [-0.05, 0) is 60.2 Å². The highest BCUT2D eigenvalue weighted by molar-refractivity contribution is 5.63. The monoisotopic (exact) mass is 439 g/mol. The van der Waals surface area contributed by atoms with Gasteiger partial charge in [0.15, 0.2) is 5.82 Å². The molecule has 2 saturated heterocycles. The van der Waals surface area contributed by atoms with Crippen molar-refractivity contribution in [1.29, 1.82) is 0 Å². The third-order valence-electron chi connectivity index (χ3n) is 7.78. The van der Waals surface area contributed by atoms with E-state index in [4.69, 9.17) is 9.15 Å². The van der Waals surface area contributed by atoms with Crippen LogP contribution in [-0.4, -0.2) is 37.6 Å². The van der Waals surface area contributed by atoms with Gasteiger partial charge in [0.05, 0.1) is 12.5 Å². The zero-order valence-electron chi connectivity index (χ0n) is 18.2. The molecule has 2 fully saturated rings. The number of furan rings is 1. The summed E-state index contributed by atoms with van der Waals surface area (Å²) in [5.41, 5.74) is 4.80. The number of aromatic nitrogens is 4. The van der Waals surface area contributed by atoms with Gasteiger partial charge in [0.1, 0.15) is 11.5 Å². The van der Waals surface area contributed by atoms with Gasteiger partial charge in [-0.3, -0.25) is 4.90 Å². The fourth-order valence-electron chi connectivity index (χ4n) is 6.37. The zero-order valence-corrected chi connectivity index (χ0v) is 18.2. The maximum atomic E-state index is 6.39. The second kappa shape index (κ2) is 7.56. The van der Waals surface area contributed by atoms with E-state index in [1.54, 1.807) is 6.26 Å². The maximum Gasteiger partial charge on any atom is 0.179 e. The molecular weight excluding hydrogens is 414 g/mol. The van der Waals surface area contributed by atoms with E-state index in [0.29, 0.717) is 29.7 Å². The van der Waals surface area contributed by atoms with Gasteiger partial charge in [-0.15, -0.1) is 5.10 Å². The molecule has 3 aliphatic rings. The highest BCUT2D eigenvalue weighted by Crippen LogP contribution is 2.53. The summed E-state index contributed by atoms with van der Waals surface area (Å²) in [7, 11) is 0. The van der Waals surface area contributed by atoms with Crippen LogP contribution in [0.3, 0.4) is 0 Å². The standard InChI is InChI=1S/C26H25N5O2/c1-2-4-23-21(3-1)25(22-8-5-17(13-24(22)33-23)26-27-29-30-28-26)18-11-19-6-7-20(12-18)31(19)14-16-9-10-32-15-16/h1-5,8-10,13,15,18-20,25H,6-7,11-12,14H2,(H,27,28,29,30). The number of nitrogens with zero attached hydrogens (tertiary/aromatic N) is 4. The van der Waals surface area contributed by atoms with Crippen molar-refractivity contribution < 1.29 is 9.15 Å². The van der Waals surface area contributed by atoms with Crippen LogP contribution in [0, 0.1) is 5.92 Å². The highest BCUT2D eigenvalue weighted by atomic mass is 16.5. The van der Waals surface area contributed by atoms with E-state index in [1.165, 1.54) is 42.4 Å². The molecule has 3 atom stereocenters. The Morgan fingerprint density at radius 3 is 2.61 bits per heavy atom. The number of H-pyrrole nitrogens is 1. The molecule has 7 rings (SSSR count). The number of hydrogen-bond donors (Lipinski definition) is 1. The van der Waals surface area contributed by atoms with Crippen LogP contribution in [0.1, 0.15) is 48.3 Å².